The van der Waals surface area contributed by atoms with E-state index in [0.29, 0.717) is 0 Å². The smallest absolute Gasteiger partial charge is 0.264 e. The molecule has 1 spiro atoms. The molecule has 236 valence electrons. The van der Waals surface area contributed by atoms with Crippen LogP contribution in [0.5, 0.6) is 0 Å². The van der Waals surface area contributed by atoms with Crippen LogP contribution >= 0.6 is 11.3 Å². The van der Waals surface area contributed by atoms with Crippen LogP contribution in [-0.2, 0) is 5.41 Å². The summed E-state index contributed by atoms with van der Waals surface area (Å²) >= 11 is 2.04. The molecule has 3 heterocycles. The minimum absolute atomic E-state index is 0.0917. The van der Waals surface area contributed by atoms with Crippen molar-refractivity contribution in [2.45, 2.75) is 5.41 Å². The van der Waals surface area contributed by atoms with Crippen LogP contribution in [-0.4, -0.2) is 6.71 Å². The van der Waals surface area contributed by atoms with E-state index in [1.54, 1.807) is 0 Å². The third-order valence-corrected chi connectivity index (χ3v) is 13.0. The SMILES string of the molecule is c1ccc(N2c3ccccc3B3c4sc5c(c4N(c4ccccc4)c4cccc2c43)-c2ccccc2C52c3ccccc3-c3ccccc32)cc1. The molecule has 1 aromatic heterocycles. The van der Waals surface area contributed by atoms with E-state index in [9.17, 15) is 0 Å². The average Bonchev–Trinajstić information content (AvgIpc) is 3.83. The quantitative estimate of drug-likeness (QED) is 0.170. The van der Waals surface area contributed by atoms with Crippen LogP contribution in [0.25, 0.3) is 22.3 Å². The fourth-order valence-corrected chi connectivity index (χ4v) is 11.5. The van der Waals surface area contributed by atoms with E-state index in [4.69, 9.17) is 0 Å². The van der Waals surface area contributed by atoms with E-state index in [1.165, 1.54) is 93.6 Å². The third-order valence-electron chi connectivity index (χ3n) is 11.6. The highest BCUT2D eigenvalue weighted by atomic mass is 32.1. The van der Waals surface area contributed by atoms with Crippen LogP contribution in [0.15, 0.2) is 176 Å². The molecule has 0 bridgehead atoms. The number of anilines is 6. The monoisotopic (exact) mass is 664 g/mol. The Morgan fingerprint density at radius 3 is 1.59 bits per heavy atom. The number of rotatable bonds is 2. The van der Waals surface area contributed by atoms with Crippen LogP contribution in [0.3, 0.4) is 0 Å². The second kappa shape index (κ2) is 10.00. The highest BCUT2D eigenvalue weighted by Gasteiger charge is 2.56. The van der Waals surface area contributed by atoms with Gasteiger partial charge in [0.1, 0.15) is 0 Å². The molecular weight excluding hydrogens is 635 g/mol. The van der Waals surface area contributed by atoms with Gasteiger partial charge >= 0.3 is 0 Å². The van der Waals surface area contributed by atoms with E-state index >= 15 is 0 Å². The molecule has 51 heavy (non-hydrogen) atoms. The molecule has 12 rings (SSSR count). The summed E-state index contributed by atoms with van der Waals surface area (Å²) in [4.78, 5) is 6.49. The largest absolute Gasteiger partial charge is 0.311 e. The maximum atomic E-state index is 2.58. The van der Waals surface area contributed by atoms with Gasteiger partial charge in [-0.1, -0.05) is 133 Å². The maximum Gasteiger partial charge on any atom is 0.264 e. The van der Waals surface area contributed by atoms with Gasteiger partial charge in [0.25, 0.3) is 6.71 Å². The van der Waals surface area contributed by atoms with Crippen LogP contribution in [0.2, 0.25) is 0 Å². The molecule has 0 saturated carbocycles. The Kier molecular flexibility index (Phi) is 5.43. The molecule has 0 unspecified atom stereocenters. The number of hydrogen-bond donors (Lipinski definition) is 0. The highest BCUT2D eigenvalue weighted by Crippen LogP contribution is 2.66. The van der Waals surface area contributed by atoms with Crippen molar-refractivity contribution >= 4 is 67.9 Å². The van der Waals surface area contributed by atoms with Gasteiger partial charge in [0.15, 0.2) is 0 Å². The lowest BCUT2D eigenvalue weighted by molar-refractivity contribution is 0.811. The van der Waals surface area contributed by atoms with Crippen molar-refractivity contribution in [1.29, 1.82) is 0 Å². The first-order chi connectivity index (χ1) is 25.4. The average molecular weight is 665 g/mol. The molecule has 7 aromatic carbocycles. The summed E-state index contributed by atoms with van der Waals surface area (Å²) < 4.78 is 1.42. The Balaban J connectivity index is 1.24. The zero-order valence-corrected chi connectivity index (χ0v) is 28.4. The molecular formula is C47H29BN2S. The second-order valence-corrected chi connectivity index (χ2v) is 15.0. The summed E-state index contributed by atoms with van der Waals surface area (Å²) in [6.45, 7) is 0.0917. The summed E-state index contributed by atoms with van der Waals surface area (Å²) in [7, 11) is 0. The number of fused-ring (bicyclic) bond motifs is 15. The Hall–Kier alpha value is -6.10. The molecule has 0 radical (unpaired) electrons. The molecule has 2 aliphatic carbocycles. The van der Waals surface area contributed by atoms with E-state index < -0.39 is 0 Å². The van der Waals surface area contributed by atoms with Gasteiger partial charge in [0.05, 0.1) is 11.1 Å². The second-order valence-electron chi connectivity index (χ2n) is 13.9. The number of para-hydroxylation sites is 3. The standard InChI is InChI=1S/C47H29BN2S/c1-3-16-30(17-4-1)49-39-27-14-13-26-38(39)48-43-40(49)28-15-29-41(43)50(31-18-5-2-6-19-31)44-42-34-22-9-12-25-37(34)47(45(42)51-46(44)48)35-23-10-7-20-32(35)33-21-8-11-24-36(33)47/h1-29H. The molecule has 0 amide bonds. The summed E-state index contributed by atoms with van der Waals surface area (Å²) in [5.41, 5.74) is 19.3. The molecule has 4 aliphatic rings. The third kappa shape index (κ3) is 3.34. The predicted octanol–water partition coefficient (Wildman–Crippen LogP) is 10.2. The van der Waals surface area contributed by atoms with Gasteiger partial charge in [-0.3, -0.25) is 0 Å². The predicted molar refractivity (Wildman–Crippen MR) is 215 cm³/mol. The van der Waals surface area contributed by atoms with Crippen molar-refractivity contribution in [3.05, 3.63) is 197 Å². The molecule has 0 atom stereocenters. The lowest BCUT2D eigenvalue weighted by atomic mass is 9.36. The fourth-order valence-electron chi connectivity index (χ4n) is 9.83. The first kappa shape index (κ1) is 27.7. The van der Waals surface area contributed by atoms with Crippen molar-refractivity contribution < 1.29 is 0 Å². The fraction of sp³-hybridized carbons (Fsp3) is 0.0213. The van der Waals surface area contributed by atoms with E-state index in [0.717, 1.165) is 0 Å². The van der Waals surface area contributed by atoms with Gasteiger partial charge in [-0.15, -0.1) is 11.3 Å². The van der Waals surface area contributed by atoms with Crippen molar-refractivity contribution in [3.63, 3.8) is 0 Å². The van der Waals surface area contributed by atoms with Crippen LogP contribution < -0.4 is 25.5 Å². The van der Waals surface area contributed by atoms with E-state index in [-0.39, 0.29) is 12.1 Å². The minimum atomic E-state index is -0.386. The molecule has 0 N–H and O–H groups in total. The first-order valence-electron chi connectivity index (χ1n) is 17.7. The van der Waals surface area contributed by atoms with Crippen LogP contribution in [0.4, 0.5) is 34.1 Å². The number of nitrogens with zero attached hydrogens (tertiary/aromatic N) is 2. The van der Waals surface area contributed by atoms with Crippen molar-refractivity contribution in [2.75, 3.05) is 9.80 Å². The Morgan fingerprint density at radius 1 is 0.431 bits per heavy atom. The normalized spacial score (nSPS) is 14.7. The lowest BCUT2D eigenvalue weighted by Gasteiger charge is -2.43. The number of benzene rings is 7. The van der Waals surface area contributed by atoms with Crippen molar-refractivity contribution in [3.8, 4) is 22.3 Å². The summed E-state index contributed by atoms with van der Waals surface area (Å²) in [6, 6.07) is 65.4. The van der Waals surface area contributed by atoms with Crippen molar-refractivity contribution in [2.24, 2.45) is 0 Å². The molecule has 0 fully saturated rings. The molecule has 2 nitrogen and oxygen atoms in total. The first-order valence-corrected chi connectivity index (χ1v) is 18.6. The van der Waals surface area contributed by atoms with Crippen LogP contribution in [0, 0.1) is 0 Å². The maximum absolute atomic E-state index is 2.58. The van der Waals surface area contributed by atoms with E-state index in [1.807, 2.05) is 11.3 Å². The Labute approximate surface area is 301 Å². The summed E-state index contributed by atoms with van der Waals surface area (Å²) in [6.07, 6.45) is 0. The molecule has 8 aromatic rings. The van der Waals surface area contributed by atoms with Gasteiger partial charge in [-0.2, -0.15) is 0 Å². The van der Waals surface area contributed by atoms with E-state index in [2.05, 4.69) is 186 Å². The van der Waals surface area contributed by atoms with Gasteiger partial charge in [-0.25, -0.2) is 0 Å². The topological polar surface area (TPSA) is 6.48 Å². The van der Waals surface area contributed by atoms with Gasteiger partial charge in [0.2, 0.25) is 0 Å². The molecule has 4 heteroatoms. The Bertz CT molecular complexity index is 2690. The summed E-state index contributed by atoms with van der Waals surface area (Å²) in [5, 5.41) is 0. The minimum Gasteiger partial charge on any atom is -0.311 e. The lowest BCUT2D eigenvalue weighted by Crippen LogP contribution is -2.60. The van der Waals surface area contributed by atoms with Gasteiger partial charge in [-0.05, 0) is 86.8 Å². The Morgan fingerprint density at radius 2 is 0.922 bits per heavy atom. The zero-order valence-electron chi connectivity index (χ0n) is 27.6. The number of thiophene rings is 1. The summed E-state index contributed by atoms with van der Waals surface area (Å²) in [5.74, 6) is 0. The van der Waals surface area contributed by atoms with Gasteiger partial charge < -0.3 is 9.80 Å². The van der Waals surface area contributed by atoms with Gasteiger partial charge in [0, 0.05) is 43.7 Å². The highest BCUT2D eigenvalue weighted by molar-refractivity contribution is 7.30. The number of hydrogen-bond acceptors (Lipinski definition) is 3. The zero-order chi connectivity index (χ0) is 33.3. The molecule has 0 saturated heterocycles. The van der Waals surface area contributed by atoms with Crippen molar-refractivity contribution in [1.82, 2.24) is 0 Å². The molecule has 2 aliphatic heterocycles. The van der Waals surface area contributed by atoms with Crippen LogP contribution in [0.1, 0.15) is 21.6 Å².